The monoisotopic (exact) mass is 280 g/mol. The van der Waals surface area contributed by atoms with Crippen LogP contribution in [0.2, 0.25) is 0 Å². The van der Waals surface area contributed by atoms with Gasteiger partial charge in [-0.1, -0.05) is 79.7 Å². The van der Waals surface area contributed by atoms with Gasteiger partial charge < -0.3 is 5.11 Å². The third-order valence-corrected chi connectivity index (χ3v) is 3.75. The van der Waals surface area contributed by atoms with E-state index in [-0.39, 0.29) is 12.0 Å². The van der Waals surface area contributed by atoms with Crippen LogP contribution in [0, 0.1) is 0 Å². The SMILES string of the molecule is CC/C=C/C(c1ccccc1)C(O)CCc1ccccc1. The van der Waals surface area contributed by atoms with E-state index in [2.05, 4.69) is 43.3 Å². The molecule has 110 valence electrons. The summed E-state index contributed by atoms with van der Waals surface area (Å²) in [6.45, 7) is 2.12. The van der Waals surface area contributed by atoms with E-state index < -0.39 is 0 Å². The molecule has 0 bridgehead atoms. The molecule has 0 saturated heterocycles. The highest BCUT2D eigenvalue weighted by Gasteiger charge is 2.18. The summed E-state index contributed by atoms with van der Waals surface area (Å²) in [5.41, 5.74) is 2.46. The van der Waals surface area contributed by atoms with E-state index in [1.54, 1.807) is 0 Å². The number of hydrogen-bond donors (Lipinski definition) is 1. The average Bonchev–Trinajstić information content (AvgIpc) is 2.55. The number of aryl methyl sites for hydroxylation is 1. The van der Waals surface area contributed by atoms with Gasteiger partial charge in [-0.2, -0.15) is 0 Å². The van der Waals surface area contributed by atoms with Gasteiger partial charge in [-0.15, -0.1) is 0 Å². The minimum atomic E-state index is -0.351. The van der Waals surface area contributed by atoms with Crippen molar-refractivity contribution in [1.82, 2.24) is 0 Å². The molecule has 2 aromatic rings. The summed E-state index contributed by atoms with van der Waals surface area (Å²) < 4.78 is 0. The highest BCUT2D eigenvalue weighted by Crippen LogP contribution is 2.24. The van der Waals surface area contributed by atoms with Crippen molar-refractivity contribution in [2.24, 2.45) is 0 Å². The maximum absolute atomic E-state index is 10.6. The molecule has 0 aliphatic heterocycles. The maximum atomic E-state index is 10.6. The molecule has 1 N–H and O–H groups in total. The molecule has 1 nitrogen and oxygen atoms in total. The van der Waals surface area contributed by atoms with E-state index >= 15 is 0 Å². The Morgan fingerprint density at radius 3 is 2.19 bits per heavy atom. The van der Waals surface area contributed by atoms with Crippen molar-refractivity contribution in [3.05, 3.63) is 83.9 Å². The van der Waals surface area contributed by atoms with Crippen molar-refractivity contribution in [1.29, 1.82) is 0 Å². The second-order valence-electron chi connectivity index (χ2n) is 5.36. The molecule has 0 heterocycles. The van der Waals surface area contributed by atoms with Crippen molar-refractivity contribution in [3.63, 3.8) is 0 Å². The number of hydrogen-bond acceptors (Lipinski definition) is 1. The molecule has 0 aromatic heterocycles. The first-order chi connectivity index (χ1) is 10.3. The number of benzene rings is 2. The van der Waals surface area contributed by atoms with Crippen molar-refractivity contribution in [3.8, 4) is 0 Å². The topological polar surface area (TPSA) is 20.2 Å². The maximum Gasteiger partial charge on any atom is 0.0646 e. The molecule has 0 aliphatic rings. The molecular weight excluding hydrogens is 256 g/mol. The summed E-state index contributed by atoms with van der Waals surface area (Å²) in [5, 5.41) is 10.6. The molecule has 2 unspecified atom stereocenters. The Morgan fingerprint density at radius 2 is 1.57 bits per heavy atom. The Labute approximate surface area is 128 Å². The molecule has 0 radical (unpaired) electrons. The first-order valence-electron chi connectivity index (χ1n) is 7.75. The van der Waals surface area contributed by atoms with Crippen molar-refractivity contribution in [2.75, 3.05) is 0 Å². The van der Waals surface area contributed by atoms with E-state index in [0.29, 0.717) is 0 Å². The summed E-state index contributed by atoms with van der Waals surface area (Å²) in [7, 11) is 0. The van der Waals surface area contributed by atoms with Crippen LogP contribution in [0.5, 0.6) is 0 Å². The Hall–Kier alpha value is -1.86. The van der Waals surface area contributed by atoms with Crippen LogP contribution in [-0.4, -0.2) is 11.2 Å². The molecule has 0 amide bonds. The third kappa shape index (κ3) is 4.87. The molecular formula is C20H24O. The van der Waals surface area contributed by atoms with Gasteiger partial charge in [0.05, 0.1) is 6.10 Å². The largest absolute Gasteiger partial charge is 0.392 e. The zero-order valence-corrected chi connectivity index (χ0v) is 12.7. The van der Waals surface area contributed by atoms with Gasteiger partial charge in [0.1, 0.15) is 0 Å². The fourth-order valence-electron chi connectivity index (χ4n) is 2.56. The van der Waals surface area contributed by atoms with E-state index in [9.17, 15) is 5.11 Å². The molecule has 0 fully saturated rings. The van der Waals surface area contributed by atoms with Crippen LogP contribution in [0.4, 0.5) is 0 Å². The summed E-state index contributed by atoms with van der Waals surface area (Å²) >= 11 is 0. The van der Waals surface area contributed by atoms with Crippen LogP contribution in [0.25, 0.3) is 0 Å². The first-order valence-corrected chi connectivity index (χ1v) is 7.75. The van der Waals surface area contributed by atoms with Crippen molar-refractivity contribution >= 4 is 0 Å². The van der Waals surface area contributed by atoms with Gasteiger partial charge >= 0.3 is 0 Å². The summed E-state index contributed by atoms with van der Waals surface area (Å²) in [4.78, 5) is 0. The van der Waals surface area contributed by atoms with Crippen molar-refractivity contribution in [2.45, 2.75) is 38.2 Å². The molecule has 21 heavy (non-hydrogen) atoms. The van der Waals surface area contributed by atoms with Gasteiger partial charge in [-0.05, 0) is 30.4 Å². The van der Waals surface area contributed by atoms with E-state index in [0.717, 1.165) is 19.3 Å². The normalized spacial score (nSPS) is 14.2. The molecule has 2 atom stereocenters. The van der Waals surface area contributed by atoms with E-state index in [4.69, 9.17) is 0 Å². The Bertz CT molecular complexity index is 530. The van der Waals surface area contributed by atoms with Gasteiger partial charge in [0.2, 0.25) is 0 Å². The smallest absolute Gasteiger partial charge is 0.0646 e. The van der Waals surface area contributed by atoms with Crippen LogP contribution in [0.3, 0.4) is 0 Å². The minimum absolute atomic E-state index is 0.0786. The van der Waals surface area contributed by atoms with E-state index in [1.807, 2.05) is 36.4 Å². The standard InChI is InChI=1S/C20H24O/c1-2-3-14-19(18-12-8-5-9-13-18)20(21)16-15-17-10-6-4-7-11-17/h3-14,19-21H,2,15-16H2,1H3/b14-3+. The molecule has 0 spiro atoms. The molecule has 2 aromatic carbocycles. The van der Waals surface area contributed by atoms with Crippen LogP contribution in [0.15, 0.2) is 72.8 Å². The fraction of sp³-hybridized carbons (Fsp3) is 0.300. The second-order valence-corrected chi connectivity index (χ2v) is 5.36. The summed E-state index contributed by atoms with van der Waals surface area (Å²) in [5.74, 6) is 0.0786. The van der Waals surface area contributed by atoms with Crippen molar-refractivity contribution < 1.29 is 5.11 Å². The minimum Gasteiger partial charge on any atom is -0.392 e. The van der Waals surface area contributed by atoms with Crippen LogP contribution in [-0.2, 0) is 6.42 Å². The van der Waals surface area contributed by atoms with Gasteiger partial charge in [0, 0.05) is 5.92 Å². The van der Waals surface area contributed by atoms with Crippen LogP contribution >= 0.6 is 0 Å². The Morgan fingerprint density at radius 1 is 0.952 bits per heavy atom. The Kier molecular flexibility index (Phi) is 6.23. The highest BCUT2D eigenvalue weighted by molar-refractivity contribution is 5.25. The predicted molar refractivity (Wildman–Crippen MR) is 89.4 cm³/mol. The zero-order chi connectivity index (χ0) is 14.9. The molecule has 0 aliphatic carbocycles. The average molecular weight is 280 g/mol. The summed E-state index contributed by atoms with van der Waals surface area (Å²) in [6, 6.07) is 20.6. The molecule has 2 rings (SSSR count). The van der Waals surface area contributed by atoms with Gasteiger partial charge in [-0.25, -0.2) is 0 Å². The fourth-order valence-corrected chi connectivity index (χ4v) is 2.56. The predicted octanol–water partition coefficient (Wildman–Crippen LogP) is 4.73. The number of allylic oxidation sites excluding steroid dienone is 1. The molecule has 0 saturated carbocycles. The van der Waals surface area contributed by atoms with Gasteiger partial charge in [0.15, 0.2) is 0 Å². The zero-order valence-electron chi connectivity index (χ0n) is 12.7. The van der Waals surface area contributed by atoms with Crippen LogP contribution < -0.4 is 0 Å². The van der Waals surface area contributed by atoms with Gasteiger partial charge in [-0.3, -0.25) is 0 Å². The van der Waals surface area contributed by atoms with Crippen LogP contribution in [0.1, 0.15) is 36.8 Å². The van der Waals surface area contributed by atoms with E-state index in [1.165, 1.54) is 11.1 Å². The molecule has 1 heteroatoms. The number of aliphatic hydroxyl groups excluding tert-OH is 1. The lowest BCUT2D eigenvalue weighted by Crippen LogP contribution is -2.17. The lowest BCUT2D eigenvalue weighted by Gasteiger charge is -2.20. The Balaban J connectivity index is 2.04. The summed E-state index contributed by atoms with van der Waals surface area (Å²) in [6.07, 6.45) is 6.61. The van der Waals surface area contributed by atoms with Gasteiger partial charge in [0.25, 0.3) is 0 Å². The number of aliphatic hydroxyl groups is 1. The third-order valence-electron chi connectivity index (χ3n) is 3.75. The first kappa shape index (κ1) is 15.5. The second kappa shape index (κ2) is 8.43. The lowest BCUT2D eigenvalue weighted by atomic mass is 9.89. The lowest BCUT2D eigenvalue weighted by molar-refractivity contribution is 0.149. The highest BCUT2D eigenvalue weighted by atomic mass is 16.3. The quantitative estimate of drug-likeness (QED) is 0.727. The number of rotatable bonds is 7.